The van der Waals surface area contributed by atoms with Crippen molar-refractivity contribution >= 4 is 23.3 Å². The number of carboxylic acids is 1. The highest BCUT2D eigenvalue weighted by Crippen LogP contribution is 2.14. The van der Waals surface area contributed by atoms with Crippen molar-refractivity contribution in [2.45, 2.75) is 19.9 Å². The average molecular weight is 318 g/mol. The summed E-state index contributed by atoms with van der Waals surface area (Å²) >= 11 is 0. The Morgan fingerprint density at radius 3 is 2.78 bits per heavy atom. The van der Waals surface area contributed by atoms with Crippen LogP contribution in [0.4, 0.5) is 0 Å². The van der Waals surface area contributed by atoms with Gasteiger partial charge in [-0.3, -0.25) is 9.59 Å². The molecule has 1 unspecified atom stereocenters. The summed E-state index contributed by atoms with van der Waals surface area (Å²) in [6.07, 6.45) is 3.12. The summed E-state index contributed by atoms with van der Waals surface area (Å²) in [5.41, 5.74) is 0.918. The van der Waals surface area contributed by atoms with E-state index in [1.165, 1.54) is 24.9 Å². The van der Waals surface area contributed by atoms with Crippen molar-refractivity contribution in [2.24, 2.45) is 0 Å². The van der Waals surface area contributed by atoms with Gasteiger partial charge in [-0.2, -0.15) is 5.10 Å². The number of nitrogens with zero attached hydrogens (tertiary/aromatic N) is 3. The number of amides is 2. The number of hydrogen-bond donors (Lipinski definition) is 2. The molecular formula is C15H18N4O4. The second-order valence-electron chi connectivity index (χ2n) is 5.08. The van der Waals surface area contributed by atoms with E-state index in [2.05, 4.69) is 10.4 Å². The van der Waals surface area contributed by atoms with E-state index in [4.69, 9.17) is 0 Å². The highest BCUT2D eigenvalue weighted by atomic mass is 16.4. The van der Waals surface area contributed by atoms with E-state index in [0.29, 0.717) is 11.1 Å². The number of carbonyl (C=O) groups excluding carboxylic acids is 2. The highest BCUT2D eigenvalue weighted by Gasteiger charge is 2.28. The molecule has 0 aromatic carbocycles. The standard InChI is InChI=1S/C15H18N4O4/c1-10(15(22)23)18(8-6-16-11(2)20)14(21)12-9-17-19-7-4-3-5-13(12)19/h3-5,7,9-10H,6,8H2,1-2H3,(H,16,20)(H,22,23). The van der Waals surface area contributed by atoms with Gasteiger partial charge in [-0.15, -0.1) is 0 Å². The van der Waals surface area contributed by atoms with Gasteiger partial charge in [0.05, 0.1) is 17.3 Å². The Kier molecular flexibility index (Phi) is 4.95. The Hall–Kier alpha value is -2.90. The lowest BCUT2D eigenvalue weighted by atomic mass is 10.2. The van der Waals surface area contributed by atoms with Crippen LogP contribution in [0.3, 0.4) is 0 Å². The van der Waals surface area contributed by atoms with Crippen LogP contribution >= 0.6 is 0 Å². The third-order valence-corrected chi connectivity index (χ3v) is 3.47. The van der Waals surface area contributed by atoms with E-state index in [0.717, 1.165) is 0 Å². The van der Waals surface area contributed by atoms with Crippen molar-refractivity contribution in [1.29, 1.82) is 0 Å². The van der Waals surface area contributed by atoms with Crippen molar-refractivity contribution < 1.29 is 19.5 Å². The van der Waals surface area contributed by atoms with Gasteiger partial charge >= 0.3 is 5.97 Å². The molecule has 0 aliphatic carbocycles. The molecule has 0 aliphatic heterocycles. The van der Waals surface area contributed by atoms with Gasteiger partial charge in [0.1, 0.15) is 6.04 Å². The largest absolute Gasteiger partial charge is 0.480 e. The lowest BCUT2D eigenvalue weighted by Crippen LogP contribution is -2.46. The van der Waals surface area contributed by atoms with Crippen molar-refractivity contribution in [3.8, 4) is 0 Å². The topological polar surface area (TPSA) is 104 Å². The van der Waals surface area contributed by atoms with Gasteiger partial charge in [0, 0.05) is 26.2 Å². The number of carboxylic acid groups (broad SMARTS) is 1. The van der Waals surface area contributed by atoms with Gasteiger partial charge in [-0.1, -0.05) is 6.07 Å². The van der Waals surface area contributed by atoms with Crippen LogP contribution in [-0.2, 0) is 9.59 Å². The smallest absolute Gasteiger partial charge is 0.326 e. The molecule has 2 aromatic rings. The average Bonchev–Trinajstić information content (AvgIpc) is 2.94. The molecule has 0 aliphatic rings. The Morgan fingerprint density at radius 2 is 2.13 bits per heavy atom. The van der Waals surface area contributed by atoms with Crippen molar-refractivity contribution in [3.05, 3.63) is 36.2 Å². The summed E-state index contributed by atoms with van der Waals surface area (Å²) in [7, 11) is 0. The number of fused-ring (bicyclic) bond motifs is 1. The summed E-state index contributed by atoms with van der Waals surface area (Å²) in [4.78, 5) is 36.2. The third kappa shape index (κ3) is 3.65. The van der Waals surface area contributed by atoms with Gasteiger partial charge in [0.25, 0.3) is 5.91 Å². The van der Waals surface area contributed by atoms with E-state index in [-0.39, 0.29) is 19.0 Å². The van der Waals surface area contributed by atoms with Crippen LogP contribution in [0.15, 0.2) is 30.6 Å². The quantitative estimate of drug-likeness (QED) is 0.801. The first-order valence-electron chi connectivity index (χ1n) is 7.12. The Morgan fingerprint density at radius 1 is 1.39 bits per heavy atom. The summed E-state index contributed by atoms with van der Waals surface area (Å²) in [5, 5.41) is 15.9. The van der Waals surface area contributed by atoms with Crippen LogP contribution in [0.5, 0.6) is 0 Å². The number of pyridine rings is 1. The van der Waals surface area contributed by atoms with E-state index in [1.54, 1.807) is 28.9 Å². The molecule has 2 aromatic heterocycles. The maximum absolute atomic E-state index is 12.7. The number of nitrogens with one attached hydrogen (secondary N) is 1. The maximum atomic E-state index is 12.7. The molecule has 2 N–H and O–H groups in total. The monoisotopic (exact) mass is 318 g/mol. The molecule has 0 spiro atoms. The minimum atomic E-state index is -1.11. The number of aliphatic carboxylic acids is 1. The van der Waals surface area contributed by atoms with Gasteiger partial charge in [0.2, 0.25) is 5.91 Å². The number of rotatable bonds is 6. The van der Waals surface area contributed by atoms with Crippen molar-refractivity contribution in [1.82, 2.24) is 19.8 Å². The Bertz CT molecular complexity index is 740. The molecule has 2 heterocycles. The Balaban J connectivity index is 2.28. The molecule has 2 rings (SSSR count). The molecule has 0 saturated carbocycles. The molecule has 0 fully saturated rings. The Labute approximate surface area is 132 Å². The van der Waals surface area contributed by atoms with Crippen LogP contribution in [0.2, 0.25) is 0 Å². The van der Waals surface area contributed by atoms with E-state index < -0.39 is 17.9 Å². The van der Waals surface area contributed by atoms with E-state index in [9.17, 15) is 19.5 Å². The van der Waals surface area contributed by atoms with E-state index >= 15 is 0 Å². The van der Waals surface area contributed by atoms with Crippen LogP contribution in [0.1, 0.15) is 24.2 Å². The van der Waals surface area contributed by atoms with Crippen LogP contribution in [0, 0.1) is 0 Å². The zero-order valence-electron chi connectivity index (χ0n) is 12.9. The normalized spacial score (nSPS) is 11.9. The molecule has 8 heteroatoms. The predicted molar refractivity (Wildman–Crippen MR) is 82.0 cm³/mol. The molecule has 0 radical (unpaired) electrons. The predicted octanol–water partition coefficient (Wildman–Crippen LogP) is 0.386. The number of aromatic nitrogens is 2. The summed E-state index contributed by atoms with van der Waals surface area (Å²) < 4.78 is 1.55. The highest BCUT2D eigenvalue weighted by molar-refractivity contribution is 6.02. The minimum absolute atomic E-state index is 0.0933. The third-order valence-electron chi connectivity index (χ3n) is 3.47. The fourth-order valence-corrected chi connectivity index (χ4v) is 2.21. The molecule has 0 bridgehead atoms. The summed E-state index contributed by atoms with van der Waals surface area (Å²) in [5.74, 6) is -1.79. The van der Waals surface area contributed by atoms with Crippen molar-refractivity contribution in [2.75, 3.05) is 13.1 Å². The molecule has 1 atom stereocenters. The van der Waals surface area contributed by atoms with Gasteiger partial charge < -0.3 is 15.3 Å². The second-order valence-corrected chi connectivity index (χ2v) is 5.08. The summed E-state index contributed by atoms with van der Waals surface area (Å²) in [6.45, 7) is 3.06. The molecule has 23 heavy (non-hydrogen) atoms. The zero-order valence-corrected chi connectivity index (χ0v) is 12.9. The van der Waals surface area contributed by atoms with E-state index in [1.807, 2.05) is 0 Å². The zero-order chi connectivity index (χ0) is 17.0. The fourth-order valence-electron chi connectivity index (χ4n) is 2.21. The second kappa shape index (κ2) is 6.91. The molecule has 2 amide bonds. The van der Waals surface area contributed by atoms with Gasteiger partial charge in [0.15, 0.2) is 0 Å². The first-order valence-corrected chi connectivity index (χ1v) is 7.12. The molecular weight excluding hydrogens is 300 g/mol. The SMILES string of the molecule is CC(=O)NCCN(C(=O)c1cnn2ccccc12)C(C)C(=O)O. The number of carbonyl (C=O) groups is 3. The van der Waals surface area contributed by atoms with Crippen LogP contribution in [-0.4, -0.2) is 56.5 Å². The first-order chi connectivity index (χ1) is 10.9. The molecule has 122 valence electrons. The molecule has 0 saturated heterocycles. The molecule has 8 nitrogen and oxygen atoms in total. The fraction of sp³-hybridized carbons (Fsp3) is 0.333. The van der Waals surface area contributed by atoms with Crippen LogP contribution in [0.25, 0.3) is 5.52 Å². The lowest BCUT2D eigenvalue weighted by Gasteiger charge is -2.26. The minimum Gasteiger partial charge on any atom is -0.480 e. The van der Waals surface area contributed by atoms with Gasteiger partial charge in [-0.05, 0) is 19.1 Å². The van der Waals surface area contributed by atoms with Crippen LogP contribution < -0.4 is 5.32 Å². The maximum Gasteiger partial charge on any atom is 0.326 e. The lowest BCUT2D eigenvalue weighted by molar-refractivity contribution is -0.141. The van der Waals surface area contributed by atoms with Crippen molar-refractivity contribution in [3.63, 3.8) is 0 Å². The van der Waals surface area contributed by atoms with Gasteiger partial charge in [-0.25, -0.2) is 9.31 Å². The summed E-state index contributed by atoms with van der Waals surface area (Å²) in [6, 6.07) is 4.27. The number of hydrogen-bond acceptors (Lipinski definition) is 4. The first kappa shape index (κ1) is 16.5.